The van der Waals surface area contributed by atoms with Gasteiger partial charge in [-0.2, -0.15) is 5.10 Å². The average molecular weight is 448 g/mol. The van der Waals surface area contributed by atoms with Gasteiger partial charge in [0.2, 0.25) is 0 Å². The van der Waals surface area contributed by atoms with E-state index in [1.165, 1.54) is 18.2 Å². The van der Waals surface area contributed by atoms with Gasteiger partial charge < -0.3 is 5.32 Å². The van der Waals surface area contributed by atoms with Crippen LogP contribution in [0.3, 0.4) is 0 Å². The Bertz CT molecular complexity index is 1320. The number of carbonyl (C=O) groups is 1. The maximum atomic E-state index is 14.6. The van der Waals surface area contributed by atoms with E-state index in [4.69, 9.17) is 0 Å². The highest BCUT2D eigenvalue weighted by molar-refractivity contribution is 5.97. The van der Waals surface area contributed by atoms with Crippen LogP contribution in [0.4, 0.5) is 8.78 Å². The zero-order chi connectivity index (χ0) is 23.9. The minimum absolute atomic E-state index is 0.0631. The van der Waals surface area contributed by atoms with Crippen LogP contribution in [0.5, 0.6) is 0 Å². The number of aryl methyl sites for hydroxylation is 1. The monoisotopic (exact) mass is 447 g/mol. The molecule has 2 aromatic carbocycles. The lowest BCUT2D eigenvalue weighted by Crippen LogP contribution is -2.41. The second-order valence-electron chi connectivity index (χ2n) is 9.09. The van der Waals surface area contributed by atoms with Crippen molar-refractivity contribution in [1.82, 2.24) is 14.9 Å². The van der Waals surface area contributed by atoms with Gasteiger partial charge in [-0.05, 0) is 56.5 Å². The van der Waals surface area contributed by atoms with Gasteiger partial charge in [0.05, 0.1) is 33.6 Å². The third-order valence-electron chi connectivity index (χ3n) is 5.93. The minimum Gasteiger partial charge on any atom is -0.343 e. The number of fused-ring (bicyclic) bond motifs is 1. The highest BCUT2D eigenvalue weighted by Crippen LogP contribution is 2.35. The van der Waals surface area contributed by atoms with Gasteiger partial charge in [0.1, 0.15) is 11.6 Å². The van der Waals surface area contributed by atoms with Crippen molar-refractivity contribution in [2.75, 3.05) is 0 Å². The number of carbonyl (C=O) groups excluding carboxylic acids is 1. The first kappa shape index (κ1) is 22.6. The Morgan fingerprint density at radius 2 is 1.58 bits per heavy atom. The molecule has 170 valence electrons. The summed E-state index contributed by atoms with van der Waals surface area (Å²) in [5.41, 5.74) is 2.87. The minimum atomic E-state index is -0.648. The number of hydrogen-bond acceptors (Lipinski definition) is 2. The number of hydrogen-bond donors (Lipinski definition) is 1. The largest absolute Gasteiger partial charge is 0.343 e. The van der Waals surface area contributed by atoms with Gasteiger partial charge in [0, 0.05) is 5.56 Å². The number of amides is 1. The Morgan fingerprint density at radius 1 is 0.939 bits per heavy atom. The Balaban J connectivity index is 1.85. The lowest BCUT2D eigenvalue weighted by Gasteiger charge is -2.28. The van der Waals surface area contributed by atoms with Crippen LogP contribution in [-0.4, -0.2) is 15.5 Å². The van der Waals surface area contributed by atoms with E-state index >= 15 is 0 Å². The van der Waals surface area contributed by atoms with Crippen LogP contribution in [0.2, 0.25) is 0 Å². The molecular formula is C27H27F2N3O. The molecule has 0 aliphatic heterocycles. The van der Waals surface area contributed by atoms with Crippen molar-refractivity contribution < 1.29 is 13.6 Å². The first-order chi connectivity index (χ1) is 15.6. The standard InChI is InChI=1S/C27H27F2N3O/c1-16(2)25-19(26(33)30-27(4,5)18-10-7-6-8-11-18)14-15-22-23(17(3)31-32(22)25)24-20(28)12-9-13-21(24)29/h6-16H,1-5H3,(H,30,33). The Labute approximate surface area is 192 Å². The molecule has 4 aromatic rings. The number of rotatable bonds is 5. The fourth-order valence-electron chi connectivity index (χ4n) is 4.32. The summed E-state index contributed by atoms with van der Waals surface area (Å²) >= 11 is 0. The van der Waals surface area contributed by atoms with Gasteiger partial charge in [0.25, 0.3) is 5.91 Å². The summed E-state index contributed by atoms with van der Waals surface area (Å²) in [5.74, 6) is -1.59. The molecule has 2 heterocycles. The third-order valence-corrected chi connectivity index (χ3v) is 5.93. The van der Waals surface area contributed by atoms with Crippen molar-refractivity contribution in [3.8, 4) is 11.1 Å². The maximum Gasteiger partial charge on any atom is 0.253 e. The number of nitrogens with one attached hydrogen (secondary N) is 1. The van der Waals surface area contributed by atoms with Crippen LogP contribution in [0, 0.1) is 18.6 Å². The summed E-state index contributed by atoms with van der Waals surface area (Å²) in [7, 11) is 0. The van der Waals surface area contributed by atoms with Crippen molar-refractivity contribution >= 4 is 11.4 Å². The molecule has 6 heteroatoms. The molecule has 0 bridgehead atoms. The average Bonchev–Trinajstić information content (AvgIpc) is 3.08. The van der Waals surface area contributed by atoms with E-state index in [1.807, 2.05) is 58.0 Å². The molecule has 1 amide bonds. The van der Waals surface area contributed by atoms with Crippen molar-refractivity contribution in [2.45, 2.75) is 46.1 Å². The van der Waals surface area contributed by atoms with Crippen LogP contribution in [0.1, 0.15) is 60.9 Å². The highest BCUT2D eigenvalue weighted by atomic mass is 19.1. The number of aromatic nitrogens is 2. The Kier molecular flexibility index (Phi) is 5.78. The van der Waals surface area contributed by atoms with Crippen LogP contribution in [-0.2, 0) is 5.54 Å². The van der Waals surface area contributed by atoms with Crippen LogP contribution >= 0.6 is 0 Å². The van der Waals surface area contributed by atoms with Crippen molar-refractivity contribution in [1.29, 1.82) is 0 Å². The summed E-state index contributed by atoms with van der Waals surface area (Å²) in [4.78, 5) is 13.4. The van der Waals surface area contributed by atoms with Crippen LogP contribution < -0.4 is 5.32 Å². The quantitative estimate of drug-likeness (QED) is 0.386. The number of nitrogens with zero attached hydrogens (tertiary/aromatic N) is 2. The number of benzene rings is 2. The van der Waals surface area contributed by atoms with Crippen molar-refractivity contribution in [3.05, 3.63) is 94.8 Å². The molecule has 0 saturated heterocycles. The first-order valence-corrected chi connectivity index (χ1v) is 11.0. The molecule has 0 unspecified atom stereocenters. The second-order valence-corrected chi connectivity index (χ2v) is 9.09. The molecular weight excluding hydrogens is 420 g/mol. The van der Waals surface area contributed by atoms with Gasteiger partial charge in [-0.15, -0.1) is 0 Å². The molecule has 4 rings (SSSR count). The summed E-state index contributed by atoms with van der Waals surface area (Å²) in [6.45, 7) is 9.55. The molecule has 0 saturated carbocycles. The molecule has 0 aliphatic carbocycles. The van der Waals surface area contributed by atoms with E-state index in [0.29, 0.717) is 28.0 Å². The third kappa shape index (κ3) is 4.01. The molecule has 0 fully saturated rings. The van der Waals surface area contributed by atoms with E-state index in [2.05, 4.69) is 10.4 Å². The maximum absolute atomic E-state index is 14.6. The first-order valence-electron chi connectivity index (χ1n) is 11.0. The molecule has 1 N–H and O–H groups in total. The second kappa shape index (κ2) is 8.43. The molecule has 0 spiro atoms. The molecule has 2 aromatic heterocycles. The van der Waals surface area contributed by atoms with Gasteiger partial charge in [-0.3, -0.25) is 4.79 Å². The van der Waals surface area contributed by atoms with Crippen molar-refractivity contribution in [3.63, 3.8) is 0 Å². The number of pyridine rings is 1. The SMILES string of the molecule is Cc1nn2c(C(C)C)c(C(=O)NC(C)(C)c3ccccc3)ccc2c1-c1c(F)cccc1F. The van der Waals surface area contributed by atoms with E-state index in [-0.39, 0.29) is 17.4 Å². The predicted molar refractivity (Wildman–Crippen MR) is 126 cm³/mol. The smallest absolute Gasteiger partial charge is 0.253 e. The fourth-order valence-corrected chi connectivity index (χ4v) is 4.32. The lowest BCUT2D eigenvalue weighted by molar-refractivity contribution is 0.0910. The fraction of sp³-hybridized carbons (Fsp3) is 0.259. The van der Waals surface area contributed by atoms with Crippen LogP contribution in [0.15, 0.2) is 60.7 Å². The van der Waals surface area contributed by atoms with Gasteiger partial charge >= 0.3 is 0 Å². The van der Waals surface area contributed by atoms with Crippen molar-refractivity contribution in [2.24, 2.45) is 0 Å². The van der Waals surface area contributed by atoms with E-state index < -0.39 is 17.2 Å². The zero-order valence-electron chi connectivity index (χ0n) is 19.4. The summed E-state index contributed by atoms with van der Waals surface area (Å²) < 4.78 is 30.8. The zero-order valence-corrected chi connectivity index (χ0v) is 19.4. The topological polar surface area (TPSA) is 46.4 Å². The van der Waals surface area contributed by atoms with E-state index in [9.17, 15) is 13.6 Å². The van der Waals surface area contributed by atoms with Gasteiger partial charge in [-0.1, -0.05) is 50.2 Å². The Morgan fingerprint density at radius 3 is 2.18 bits per heavy atom. The molecule has 0 radical (unpaired) electrons. The summed E-state index contributed by atoms with van der Waals surface area (Å²) in [6.07, 6.45) is 0. The molecule has 0 aliphatic rings. The number of halogens is 2. The van der Waals surface area contributed by atoms with E-state index in [0.717, 1.165) is 5.56 Å². The molecule has 33 heavy (non-hydrogen) atoms. The lowest BCUT2D eigenvalue weighted by atomic mass is 9.93. The predicted octanol–water partition coefficient (Wildman–Crippen LogP) is 6.38. The summed E-state index contributed by atoms with van der Waals surface area (Å²) in [6, 6.07) is 17.0. The van der Waals surface area contributed by atoms with Gasteiger partial charge in [-0.25, -0.2) is 13.3 Å². The molecule has 4 nitrogen and oxygen atoms in total. The van der Waals surface area contributed by atoms with Crippen LogP contribution in [0.25, 0.3) is 16.6 Å². The van der Waals surface area contributed by atoms with E-state index in [1.54, 1.807) is 23.6 Å². The Hall–Kier alpha value is -3.54. The van der Waals surface area contributed by atoms with Gasteiger partial charge in [0.15, 0.2) is 0 Å². The normalized spacial score (nSPS) is 11.9. The molecule has 0 atom stereocenters. The summed E-state index contributed by atoms with van der Waals surface area (Å²) in [5, 5.41) is 7.71. The highest BCUT2D eigenvalue weighted by Gasteiger charge is 2.28.